The van der Waals surface area contributed by atoms with Crippen LogP contribution in [0.2, 0.25) is 0 Å². The van der Waals surface area contributed by atoms with Crippen LogP contribution in [0.3, 0.4) is 0 Å². The molecule has 3 rings (SSSR count). The quantitative estimate of drug-likeness (QED) is 0.745. The average molecular weight is 310 g/mol. The number of rotatable bonds is 5. The molecule has 0 bridgehead atoms. The van der Waals surface area contributed by atoms with Crippen molar-refractivity contribution in [1.82, 2.24) is 19.6 Å². The maximum absolute atomic E-state index is 13.9. The molecule has 1 aromatic rings. The molecule has 2 aliphatic heterocycles. The summed E-state index contributed by atoms with van der Waals surface area (Å²) in [6.45, 7) is 2.30. The number of alkyl halides is 1. The Bertz CT molecular complexity index is 535. The van der Waals surface area contributed by atoms with E-state index in [4.69, 9.17) is 4.74 Å². The number of ether oxygens (including phenoxy) is 1. The summed E-state index contributed by atoms with van der Waals surface area (Å²) < 4.78 is 20.7. The van der Waals surface area contributed by atoms with Gasteiger partial charge in [-0.1, -0.05) is 0 Å². The van der Waals surface area contributed by atoms with Crippen LogP contribution in [-0.4, -0.2) is 70.5 Å². The molecule has 22 heavy (non-hydrogen) atoms. The summed E-state index contributed by atoms with van der Waals surface area (Å²) in [6, 6.07) is 1.89. The number of carbonyl (C=O) groups is 1. The van der Waals surface area contributed by atoms with Crippen LogP contribution in [-0.2, 0) is 23.1 Å². The molecule has 6 nitrogen and oxygen atoms in total. The van der Waals surface area contributed by atoms with E-state index in [-0.39, 0.29) is 18.1 Å². The maximum Gasteiger partial charge on any atom is 0.323 e. The summed E-state index contributed by atoms with van der Waals surface area (Å²) in [7, 11) is 3.82. The standard InChI is InChI=1S/C15H23FN4O2/c1-18(14-4-6-22-15(14)21)9-13-7-11(16)8-20(13)10-12-3-5-17-19(12)2/h3,5,11,13-14H,4,6-10H2,1-2H3/t11-,13-,14?/m0/s1. The Labute approximate surface area is 129 Å². The highest BCUT2D eigenvalue weighted by Gasteiger charge is 2.37. The van der Waals surface area contributed by atoms with Crippen molar-refractivity contribution in [2.75, 3.05) is 26.7 Å². The molecule has 0 aliphatic carbocycles. The molecule has 0 radical (unpaired) electrons. The van der Waals surface area contributed by atoms with Gasteiger partial charge in [-0.15, -0.1) is 0 Å². The van der Waals surface area contributed by atoms with E-state index in [0.717, 1.165) is 12.1 Å². The van der Waals surface area contributed by atoms with Crippen LogP contribution in [0, 0.1) is 0 Å². The Hall–Kier alpha value is -1.47. The number of halogens is 1. The lowest BCUT2D eigenvalue weighted by Gasteiger charge is -2.30. The van der Waals surface area contributed by atoms with Gasteiger partial charge < -0.3 is 4.74 Å². The predicted molar refractivity (Wildman–Crippen MR) is 78.9 cm³/mol. The minimum atomic E-state index is -0.804. The third-order valence-electron chi connectivity index (χ3n) is 4.70. The molecule has 0 aromatic carbocycles. The monoisotopic (exact) mass is 310 g/mol. The van der Waals surface area contributed by atoms with E-state index < -0.39 is 6.17 Å². The van der Waals surface area contributed by atoms with Crippen molar-refractivity contribution < 1.29 is 13.9 Å². The minimum absolute atomic E-state index is 0.114. The molecule has 0 saturated carbocycles. The zero-order valence-electron chi connectivity index (χ0n) is 13.1. The highest BCUT2D eigenvalue weighted by Crippen LogP contribution is 2.24. The molecule has 1 aromatic heterocycles. The Morgan fingerprint density at radius 1 is 1.55 bits per heavy atom. The van der Waals surface area contributed by atoms with Gasteiger partial charge in [0.15, 0.2) is 0 Å². The van der Waals surface area contributed by atoms with Crippen LogP contribution in [0.5, 0.6) is 0 Å². The van der Waals surface area contributed by atoms with Crippen LogP contribution in [0.15, 0.2) is 12.3 Å². The van der Waals surface area contributed by atoms with Gasteiger partial charge in [0.1, 0.15) is 12.2 Å². The van der Waals surface area contributed by atoms with E-state index in [1.54, 1.807) is 6.20 Å². The number of esters is 1. The average Bonchev–Trinajstić information content (AvgIpc) is 3.14. The van der Waals surface area contributed by atoms with E-state index in [0.29, 0.717) is 32.7 Å². The zero-order chi connectivity index (χ0) is 15.7. The molecule has 2 saturated heterocycles. The fourth-order valence-electron chi connectivity index (χ4n) is 3.42. The van der Waals surface area contributed by atoms with E-state index in [1.165, 1.54) is 0 Å². The number of hydrogen-bond donors (Lipinski definition) is 0. The Morgan fingerprint density at radius 2 is 2.36 bits per heavy atom. The molecule has 2 aliphatic rings. The van der Waals surface area contributed by atoms with Crippen molar-refractivity contribution >= 4 is 5.97 Å². The zero-order valence-corrected chi connectivity index (χ0v) is 13.1. The molecule has 3 heterocycles. The van der Waals surface area contributed by atoms with Gasteiger partial charge in [-0.25, -0.2) is 4.39 Å². The van der Waals surface area contributed by atoms with Gasteiger partial charge in [0.25, 0.3) is 0 Å². The van der Waals surface area contributed by atoms with Crippen molar-refractivity contribution in [3.63, 3.8) is 0 Å². The Kier molecular flexibility index (Phi) is 4.44. The minimum Gasteiger partial charge on any atom is -0.464 e. The second-order valence-electron chi connectivity index (χ2n) is 6.27. The third kappa shape index (κ3) is 3.15. The smallest absolute Gasteiger partial charge is 0.323 e. The van der Waals surface area contributed by atoms with Gasteiger partial charge in [0, 0.05) is 45.3 Å². The van der Waals surface area contributed by atoms with Crippen molar-refractivity contribution in [3.8, 4) is 0 Å². The number of aryl methyl sites for hydroxylation is 1. The van der Waals surface area contributed by atoms with Crippen LogP contribution in [0.1, 0.15) is 18.5 Å². The van der Waals surface area contributed by atoms with Gasteiger partial charge in [-0.3, -0.25) is 19.3 Å². The van der Waals surface area contributed by atoms with Crippen LogP contribution >= 0.6 is 0 Å². The molecule has 3 atom stereocenters. The molecular weight excluding hydrogens is 287 g/mol. The molecule has 122 valence electrons. The lowest BCUT2D eigenvalue weighted by Crippen LogP contribution is -2.44. The fraction of sp³-hybridized carbons (Fsp3) is 0.733. The third-order valence-corrected chi connectivity index (χ3v) is 4.70. The van der Waals surface area contributed by atoms with Crippen molar-refractivity contribution in [3.05, 3.63) is 18.0 Å². The molecule has 7 heteroatoms. The molecular formula is C15H23FN4O2. The SMILES string of the molecule is CN(C[C@@H]1C[C@H](F)CN1Cc1ccnn1C)C1CCOC1=O. The maximum atomic E-state index is 13.9. The number of hydrogen-bond acceptors (Lipinski definition) is 5. The van der Waals surface area contributed by atoms with Gasteiger partial charge >= 0.3 is 5.97 Å². The highest BCUT2D eigenvalue weighted by atomic mass is 19.1. The van der Waals surface area contributed by atoms with E-state index in [2.05, 4.69) is 10.00 Å². The van der Waals surface area contributed by atoms with Crippen molar-refractivity contribution in [2.24, 2.45) is 7.05 Å². The number of aromatic nitrogens is 2. The van der Waals surface area contributed by atoms with Crippen LogP contribution in [0.25, 0.3) is 0 Å². The number of nitrogens with zero attached hydrogens (tertiary/aromatic N) is 4. The van der Waals surface area contributed by atoms with Gasteiger partial charge in [-0.05, 0) is 19.5 Å². The number of carbonyl (C=O) groups excluding carboxylic acids is 1. The Balaban J connectivity index is 1.63. The molecule has 1 unspecified atom stereocenters. The summed E-state index contributed by atoms with van der Waals surface area (Å²) in [4.78, 5) is 15.8. The van der Waals surface area contributed by atoms with Crippen molar-refractivity contribution in [2.45, 2.75) is 37.6 Å². The molecule has 0 N–H and O–H groups in total. The first-order chi connectivity index (χ1) is 10.5. The second-order valence-corrected chi connectivity index (χ2v) is 6.27. The summed E-state index contributed by atoms with van der Waals surface area (Å²) in [5.41, 5.74) is 1.07. The fourth-order valence-corrected chi connectivity index (χ4v) is 3.42. The summed E-state index contributed by atoms with van der Waals surface area (Å²) in [6.07, 6.45) is 2.20. The number of likely N-dealkylation sites (tertiary alicyclic amines) is 1. The Morgan fingerprint density at radius 3 is 3.00 bits per heavy atom. The van der Waals surface area contributed by atoms with Crippen LogP contribution < -0.4 is 0 Å². The number of cyclic esters (lactones) is 1. The predicted octanol–water partition coefficient (Wildman–Crippen LogP) is 0.580. The molecule has 0 amide bonds. The normalized spacial score (nSPS) is 29.5. The largest absolute Gasteiger partial charge is 0.464 e. The first-order valence-corrected chi connectivity index (χ1v) is 7.76. The van der Waals surface area contributed by atoms with Gasteiger partial charge in [0.05, 0.1) is 12.3 Å². The molecule has 2 fully saturated rings. The van der Waals surface area contributed by atoms with E-state index in [1.807, 2.05) is 29.7 Å². The van der Waals surface area contributed by atoms with Gasteiger partial charge in [-0.2, -0.15) is 5.10 Å². The lowest BCUT2D eigenvalue weighted by molar-refractivity contribution is -0.142. The van der Waals surface area contributed by atoms with E-state index >= 15 is 0 Å². The summed E-state index contributed by atoms with van der Waals surface area (Å²) in [5, 5.41) is 4.16. The van der Waals surface area contributed by atoms with Crippen LogP contribution in [0.4, 0.5) is 4.39 Å². The second kappa shape index (κ2) is 6.34. The number of likely N-dealkylation sites (N-methyl/N-ethyl adjacent to an activating group) is 1. The summed E-state index contributed by atoms with van der Waals surface area (Å²) >= 11 is 0. The van der Waals surface area contributed by atoms with Crippen molar-refractivity contribution in [1.29, 1.82) is 0 Å². The molecule has 0 spiro atoms. The lowest BCUT2D eigenvalue weighted by atomic mass is 10.1. The summed E-state index contributed by atoms with van der Waals surface area (Å²) in [5.74, 6) is -0.157. The van der Waals surface area contributed by atoms with E-state index in [9.17, 15) is 9.18 Å². The first kappa shape index (κ1) is 15.4. The topological polar surface area (TPSA) is 50.6 Å². The first-order valence-electron chi connectivity index (χ1n) is 7.76. The van der Waals surface area contributed by atoms with Gasteiger partial charge in [0.2, 0.25) is 0 Å². The highest BCUT2D eigenvalue weighted by molar-refractivity contribution is 5.77.